The first-order valence-electron chi connectivity index (χ1n) is 8.97. The van der Waals surface area contributed by atoms with Crippen molar-refractivity contribution in [1.29, 1.82) is 0 Å². The van der Waals surface area contributed by atoms with Crippen molar-refractivity contribution in [3.8, 4) is 11.5 Å². The number of anilines is 1. The largest absolute Gasteiger partial charge is 0.493 e. The summed E-state index contributed by atoms with van der Waals surface area (Å²) >= 11 is 6.30. The Bertz CT molecular complexity index is 1070. The van der Waals surface area contributed by atoms with E-state index in [-0.39, 0.29) is 17.4 Å². The first-order valence-corrected chi connectivity index (χ1v) is 9.35. The number of ether oxygens (including phenoxy) is 2. The lowest BCUT2D eigenvalue weighted by Crippen LogP contribution is -2.04. The van der Waals surface area contributed by atoms with Crippen LogP contribution < -0.4 is 14.9 Å². The molecular formula is C22H17ClF4N2O2. The summed E-state index contributed by atoms with van der Waals surface area (Å²) in [7, 11) is 1.45. The fourth-order valence-electron chi connectivity index (χ4n) is 2.65. The molecule has 31 heavy (non-hydrogen) atoms. The first kappa shape index (κ1) is 22.4. The van der Waals surface area contributed by atoms with Crippen LogP contribution in [0.4, 0.5) is 23.2 Å². The minimum absolute atomic E-state index is 0.0940. The number of nitrogens with zero attached hydrogens (tertiary/aromatic N) is 1. The van der Waals surface area contributed by atoms with Gasteiger partial charge in [0.2, 0.25) is 0 Å². The fourth-order valence-corrected chi connectivity index (χ4v) is 2.93. The highest BCUT2D eigenvalue weighted by Gasteiger charge is 2.29. The van der Waals surface area contributed by atoms with Crippen molar-refractivity contribution in [2.45, 2.75) is 12.8 Å². The summed E-state index contributed by atoms with van der Waals surface area (Å²) in [6.07, 6.45) is -2.96. The highest BCUT2D eigenvalue weighted by Crippen LogP contribution is 2.36. The summed E-state index contributed by atoms with van der Waals surface area (Å²) in [6, 6.07) is 13.7. The monoisotopic (exact) mass is 452 g/mol. The lowest BCUT2D eigenvalue weighted by atomic mass is 10.2. The van der Waals surface area contributed by atoms with Crippen LogP contribution in [0.25, 0.3) is 0 Å². The van der Waals surface area contributed by atoms with Gasteiger partial charge in [0.05, 0.1) is 29.6 Å². The number of methoxy groups -OCH3 is 1. The standard InChI is InChI=1S/C22H17ClF4N2O2/c1-30-20-11-15(12-28-29-18-7-5-16(6-8-18)22(25,26)27)10-19(23)21(20)31-13-14-3-2-4-17(24)9-14/h2-12,29H,13H2,1H3/b28-12+. The topological polar surface area (TPSA) is 42.8 Å². The van der Waals surface area contributed by atoms with Crippen LogP contribution in [0.1, 0.15) is 16.7 Å². The van der Waals surface area contributed by atoms with Crippen molar-refractivity contribution in [1.82, 2.24) is 0 Å². The minimum Gasteiger partial charge on any atom is -0.493 e. The summed E-state index contributed by atoms with van der Waals surface area (Å²) < 4.78 is 62.1. The van der Waals surface area contributed by atoms with Crippen LogP contribution in [0, 0.1) is 5.82 Å². The molecule has 0 unspecified atom stereocenters. The maximum Gasteiger partial charge on any atom is 0.416 e. The maximum atomic E-state index is 13.3. The molecule has 0 aromatic heterocycles. The Morgan fingerprint density at radius 3 is 2.45 bits per heavy atom. The third kappa shape index (κ3) is 6.11. The van der Waals surface area contributed by atoms with Crippen LogP contribution in [0.15, 0.2) is 65.8 Å². The van der Waals surface area contributed by atoms with Gasteiger partial charge in [0.1, 0.15) is 12.4 Å². The number of nitrogens with one attached hydrogen (secondary N) is 1. The Balaban J connectivity index is 1.69. The van der Waals surface area contributed by atoms with E-state index in [9.17, 15) is 17.6 Å². The van der Waals surface area contributed by atoms with E-state index in [1.54, 1.807) is 24.3 Å². The van der Waals surface area contributed by atoms with E-state index >= 15 is 0 Å². The number of hydrogen-bond donors (Lipinski definition) is 1. The second kappa shape index (κ2) is 9.70. The first-order chi connectivity index (χ1) is 14.8. The van der Waals surface area contributed by atoms with Gasteiger partial charge in [-0.15, -0.1) is 0 Å². The molecule has 0 fully saturated rings. The Kier molecular flexibility index (Phi) is 7.02. The molecule has 0 saturated heterocycles. The number of rotatable bonds is 7. The number of halogens is 5. The Hall–Kier alpha value is -3.26. The highest BCUT2D eigenvalue weighted by atomic mass is 35.5. The molecule has 9 heteroatoms. The zero-order valence-corrected chi connectivity index (χ0v) is 17.0. The second-order valence-corrected chi connectivity index (χ2v) is 6.81. The third-order valence-corrected chi connectivity index (χ3v) is 4.42. The number of hydrogen-bond acceptors (Lipinski definition) is 4. The third-order valence-electron chi connectivity index (χ3n) is 4.14. The summed E-state index contributed by atoms with van der Waals surface area (Å²) in [5.41, 5.74) is 3.49. The van der Waals surface area contributed by atoms with E-state index in [1.165, 1.54) is 37.6 Å². The Morgan fingerprint density at radius 2 is 1.81 bits per heavy atom. The number of hydrazone groups is 1. The minimum atomic E-state index is -4.40. The zero-order valence-electron chi connectivity index (χ0n) is 16.2. The lowest BCUT2D eigenvalue weighted by molar-refractivity contribution is -0.137. The van der Waals surface area contributed by atoms with Gasteiger partial charge in [0.25, 0.3) is 0 Å². The number of benzene rings is 3. The van der Waals surface area contributed by atoms with Gasteiger partial charge >= 0.3 is 6.18 Å². The van der Waals surface area contributed by atoms with Gasteiger partial charge < -0.3 is 9.47 Å². The van der Waals surface area contributed by atoms with Crippen molar-refractivity contribution in [3.05, 3.63) is 88.2 Å². The SMILES string of the molecule is COc1cc(/C=N/Nc2ccc(C(F)(F)F)cc2)cc(Cl)c1OCc1cccc(F)c1. The van der Waals surface area contributed by atoms with E-state index in [4.69, 9.17) is 21.1 Å². The number of alkyl halides is 3. The van der Waals surface area contributed by atoms with Crippen molar-refractivity contribution < 1.29 is 27.0 Å². The van der Waals surface area contributed by atoms with Crippen molar-refractivity contribution >= 4 is 23.5 Å². The van der Waals surface area contributed by atoms with Crippen LogP contribution in [0.5, 0.6) is 11.5 Å². The molecule has 1 N–H and O–H groups in total. The van der Waals surface area contributed by atoms with Gasteiger partial charge in [-0.2, -0.15) is 18.3 Å². The van der Waals surface area contributed by atoms with Gasteiger partial charge in [0, 0.05) is 0 Å². The van der Waals surface area contributed by atoms with Gasteiger partial charge in [-0.3, -0.25) is 5.43 Å². The average Bonchev–Trinajstić information content (AvgIpc) is 2.72. The predicted molar refractivity (Wildman–Crippen MR) is 111 cm³/mol. The van der Waals surface area contributed by atoms with Crippen LogP contribution in [-0.2, 0) is 12.8 Å². The molecule has 0 heterocycles. The molecule has 0 atom stereocenters. The highest BCUT2D eigenvalue weighted by molar-refractivity contribution is 6.32. The van der Waals surface area contributed by atoms with Gasteiger partial charge in [-0.1, -0.05) is 23.7 Å². The molecule has 0 spiro atoms. The molecule has 0 radical (unpaired) electrons. The second-order valence-electron chi connectivity index (χ2n) is 6.40. The van der Waals surface area contributed by atoms with E-state index in [0.29, 0.717) is 28.3 Å². The summed E-state index contributed by atoms with van der Waals surface area (Å²) in [6.45, 7) is 0.0940. The molecule has 3 rings (SSSR count). The normalized spacial score (nSPS) is 11.5. The Morgan fingerprint density at radius 1 is 1.06 bits per heavy atom. The molecule has 0 bridgehead atoms. The van der Waals surface area contributed by atoms with Gasteiger partial charge in [-0.25, -0.2) is 4.39 Å². The molecule has 3 aromatic rings. The van der Waals surface area contributed by atoms with Crippen molar-refractivity contribution in [2.75, 3.05) is 12.5 Å². The van der Waals surface area contributed by atoms with Crippen LogP contribution in [0.3, 0.4) is 0 Å². The zero-order chi connectivity index (χ0) is 22.4. The molecule has 0 saturated carbocycles. The predicted octanol–water partition coefficient (Wildman–Crippen LogP) is 6.53. The quantitative estimate of drug-likeness (QED) is 0.252. The van der Waals surface area contributed by atoms with Crippen LogP contribution >= 0.6 is 11.6 Å². The lowest BCUT2D eigenvalue weighted by Gasteiger charge is -2.13. The summed E-state index contributed by atoms with van der Waals surface area (Å²) in [5.74, 6) is 0.271. The maximum absolute atomic E-state index is 13.3. The summed E-state index contributed by atoms with van der Waals surface area (Å²) in [5, 5.41) is 4.26. The van der Waals surface area contributed by atoms with E-state index < -0.39 is 11.7 Å². The molecule has 3 aromatic carbocycles. The van der Waals surface area contributed by atoms with Crippen LogP contribution in [0.2, 0.25) is 5.02 Å². The fraction of sp³-hybridized carbons (Fsp3) is 0.136. The van der Waals surface area contributed by atoms with Crippen molar-refractivity contribution in [2.24, 2.45) is 5.10 Å². The molecular weight excluding hydrogens is 436 g/mol. The molecule has 0 aliphatic carbocycles. The van der Waals surface area contributed by atoms with Gasteiger partial charge in [-0.05, 0) is 59.7 Å². The molecule has 0 aliphatic heterocycles. The molecule has 162 valence electrons. The van der Waals surface area contributed by atoms with E-state index in [2.05, 4.69) is 10.5 Å². The van der Waals surface area contributed by atoms with E-state index in [1.807, 2.05) is 0 Å². The van der Waals surface area contributed by atoms with Gasteiger partial charge in [0.15, 0.2) is 11.5 Å². The molecule has 0 amide bonds. The smallest absolute Gasteiger partial charge is 0.416 e. The average molecular weight is 453 g/mol. The van der Waals surface area contributed by atoms with E-state index in [0.717, 1.165) is 12.1 Å². The molecule has 0 aliphatic rings. The molecule has 4 nitrogen and oxygen atoms in total. The summed E-state index contributed by atoms with van der Waals surface area (Å²) in [4.78, 5) is 0. The van der Waals surface area contributed by atoms with Crippen LogP contribution in [-0.4, -0.2) is 13.3 Å². The van der Waals surface area contributed by atoms with Crippen molar-refractivity contribution in [3.63, 3.8) is 0 Å². The Labute approximate surface area is 181 Å².